The van der Waals surface area contributed by atoms with Crippen LogP contribution < -0.4 is 5.73 Å². The van der Waals surface area contributed by atoms with Gasteiger partial charge in [0, 0.05) is 30.1 Å². The van der Waals surface area contributed by atoms with E-state index in [0.29, 0.717) is 0 Å². The Labute approximate surface area is 107 Å². The molecule has 0 aliphatic carbocycles. The van der Waals surface area contributed by atoms with Crippen molar-refractivity contribution in [2.24, 2.45) is 4.99 Å². The number of aromatic nitrogens is 2. The Morgan fingerprint density at radius 3 is 2.67 bits per heavy atom. The molecule has 0 saturated carbocycles. The summed E-state index contributed by atoms with van der Waals surface area (Å²) in [4.78, 5) is 12.9. The summed E-state index contributed by atoms with van der Waals surface area (Å²) >= 11 is 0. The van der Waals surface area contributed by atoms with Crippen molar-refractivity contribution in [3.8, 4) is 11.3 Å². The second-order valence-corrected chi connectivity index (χ2v) is 4.13. The van der Waals surface area contributed by atoms with Crippen molar-refractivity contribution < 1.29 is 0 Å². The van der Waals surface area contributed by atoms with E-state index in [-0.39, 0.29) is 0 Å². The molecule has 1 heterocycles. The molecule has 2 N–H and O–H groups in total. The van der Waals surface area contributed by atoms with Gasteiger partial charge < -0.3 is 5.73 Å². The maximum absolute atomic E-state index is 5.82. The molecule has 4 nitrogen and oxygen atoms in total. The normalized spacial score (nSPS) is 11.1. The summed E-state index contributed by atoms with van der Waals surface area (Å²) in [5.41, 5.74) is 10.3. The first kappa shape index (κ1) is 12.2. The Bertz CT molecular complexity index is 603. The van der Waals surface area contributed by atoms with Crippen LogP contribution in [0.3, 0.4) is 0 Å². The summed E-state index contributed by atoms with van der Waals surface area (Å²) in [6, 6.07) is 7.68. The minimum atomic E-state index is 0.723. The number of nitrogen functional groups attached to an aromatic ring is 1. The molecule has 92 valence electrons. The molecular weight excluding hydrogens is 224 g/mol. The lowest BCUT2D eigenvalue weighted by Gasteiger charge is -2.09. The Morgan fingerprint density at radius 1 is 1.22 bits per heavy atom. The molecule has 18 heavy (non-hydrogen) atoms. The van der Waals surface area contributed by atoms with E-state index < -0.39 is 0 Å². The fourth-order valence-electron chi connectivity index (χ4n) is 1.91. The van der Waals surface area contributed by atoms with Crippen LogP contribution in [0.2, 0.25) is 0 Å². The average Bonchev–Trinajstić information content (AvgIpc) is 2.32. The van der Waals surface area contributed by atoms with E-state index in [0.717, 1.165) is 34.0 Å². The molecule has 1 aromatic heterocycles. The lowest BCUT2D eigenvalue weighted by molar-refractivity contribution is 1.01. The molecule has 0 aliphatic heterocycles. The van der Waals surface area contributed by atoms with Gasteiger partial charge in [-0.1, -0.05) is 12.1 Å². The average molecular weight is 240 g/mol. The van der Waals surface area contributed by atoms with Gasteiger partial charge in [-0.2, -0.15) is 0 Å². The standard InChI is InChI=1S/C14H16N4/c1-9-13(8-16-3)14(18-10(2)17-9)11-5-4-6-12(15)7-11/h4-8H,15H2,1-3H3. The Balaban J connectivity index is 2.69. The molecule has 2 aromatic rings. The second-order valence-electron chi connectivity index (χ2n) is 4.13. The molecule has 0 unspecified atom stereocenters. The lowest BCUT2D eigenvalue weighted by atomic mass is 10.0. The van der Waals surface area contributed by atoms with Crippen molar-refractivity contribution in [3.05, 3.63) is 41.3 Å². The largest absolute Gasteiger partial charge is 0.399 e. The smallest absolute Gasteiger partial charge is 0.126 e. The predicted octanol–water partition coefficient (Wildman–Crippen LogP) is 2.39. The molecular formula is C14H16N4. The predicted molar refractivity (Wildman–Crippen MR) is 74.9 cm³/mol. The summed E-state index contributed by atoms with van der Waals surface area (Å²) < 4.78 is 0. The first-order valence-electron chi connectivity index (χ1n) is 5.75. The zero-order valence-corrected chi connectivity index (χ0v) is 10.8. The molecule has 0 bridgehead atoms. The van der Waals surface area contributed by atoms with Gasteiger partial charge in [-0.3, -0.25) is 4.99 Å². The van der Waals surface area contributed by atoms with E-state index in [4.69, 9.17) is 5.73 Å². The van der Waals surface area contributed by atoms with E-state index in [1.165, 1.54) is 0 Å². The number of aliphatic imine (C=N–C) groups is 1. The lowest BCUT2D eigenvalue weighted by Crippen LogP contribution is -2.02. The fourth-order valence-corrected chi connectivity index (χ4v) is 1.91. The molecule has 0 spiro atoms. The van der Waals surface area contributed by atoms with Gasteiger partial charge in [0.25, 0.3) is 0 Å². The van der Waals surface area contributed by atoms with E-state index in [1.807, 2.05) is 38.1 Å². The first-order valence-corrected chi connectivity index (χ1v) is 5.75. The summed E-state index contributed by atoms with van der Waals surface area (Å²) in [6.07, 6.45) is 1.79. The minimum Gasteiger partial charge on any atom is -0.399 e. The third kappa shape index (κ3) is 2.37. The highest BCUT2D eigenvalue weighted by Crippen LogP contribution is 2.24. The summed E-state index contributed by atoms with van der Waals surface area (Å²) in [6.45, 7) is 3.84. The number of rotatable bonds is 2. The van der Waals surface area contributed by atoms with Crippen LogP contribution in [0.1, 0.15) is 17.1 Å². The quantitative estimate of drug-likeness (QED) is 0.647. The fraction of sp³-hybridized carbons (Fsp3) is 0.214. The van der Waals surface area contributed by atoms with E-state index in [2.05, 4.69) is 15.0 Å². The molecule has 1 aromatic carbocycles. The molecule has 0 saturated heterocycles. The molecule has 0 aliphatic rings. The van der Waals surface area contributed by atoms with Crippen molar-refractivity contribution in [1.29, 1.82) is 0 Å². The van der Waals surface area contributed by atoms with Gasteiger partial charge in [-0.25, -0.2) is 9.97 Å². The summed E-state index contributed by atoms with van der Waals surface area (Å²) in [5.74, 6) is 0.748. The zero-order valence-electron chi connectivity index (χ0n) is 10.8. The van der Waals surface area contributed by atoms with Crippen LogP contribution in [0.25, 0.3) is 11.3 Å². The van der Waals surface area contributed by atoms with Gasteiger partial charge in [0.2, 0.25) is 0 Å². The highest BCUT2D eigenvalue weighted by Gasteiger charge is 2.10. The van der Waals surface area contributed by atoms with Gasteiger partial charge >= 0.3 is 0 Å². The van der Waals surface area contributed by atoms with Crippen LogP contribution >= 0.6 is 0 Å². The first-order chi connectivity index (χ1) is 8.61. The van der Waals surface area contributed by atoms with E-state index in [9.17, 15) is 0 Å². The van der Waals surface area contributed by atoms with Gasteiger partial charge in [0.1, 0.15) is 5.82 Å². The zero-order chi connectivity index (χ0) is 13.1. The maximum Gasteiger partial charge on any atom is 0.126 e. The van der Waals surface area contributed by atoms with Crippen LogP contribution in [0, 0.1) is 13.8 Å². The van der Waals surface area contributed by atoms with E-state index in [1.54, 1.807) is 13.3 Å². The number of hydrogen-bond acceptors (Lipinski definition) is 4. The third-order valence-electron chi connectivity index (χ3n) is 2.67. The van der Waals surface area contributed by atoms with Crippen molar-refractivity contribution in [2.75, 3.05) is 12.8 Å². The number of anilines is 1. The van der Waals surface area contributed by atoms with Gasteiger partial charge in [0.15, 0.2) is 0 Å². The number of hydrogen-bond donors (Lipinski definition) is 1. The molecule has 0 radical (unpaired) electrons. The third-order valence-corrected chi connectivity index (χ3v) is 2.67. The number of benzene rings is 1. The number of nitrogens with zero attached hydrogens (tertiary/aromatic N) is 3. The van der Waals surface area contributed by atoms with Gasteiger partial charge in [-0.05, 0) is 26.0 Å². The Morgan fingerprint density at radius 2 is 2.00 bits per heavy atom. The molecule has 0 fully saturated rings. The summed E-state index contributed by atoms with van der Waals surface area (Å²) in [7, 11) is 1.74. The SMILES string of the molecule is CN=Cc1c(C)nc(C)nc1-c1cccc(N)c1. The Kier molecular flexibility index (Phi) is 3.37. The van der Waals surface area contributed by atoms with Crippen molar-refractivity contribution >= 4 is 11.9 Å². The van der Waals surface area contributed by atoms with Gasteiger partial charge in [-0.15, -0.1) is 0 Å². The topological polar surface area (TPSA) is 64.2 Å². The monoisotopic (exact) mass is 240 g/mol. The van der Waals surface area contributed by atoms with Crippen molar-refractivity contribution in [2.45, 2.75) is 13.8 Å². The van der Waals surface area contributed by atoms with Crippen molar-refractivity contribution in [1.82, 2.24) is 9.97 Å². The second kappa shape index (κ2) is 4.96. The van der Waals surface area contributed by atoms with Gasteiger partial charge in [0.05, 0.1) is 11.4 Å². The highest BCUT2D eigenvalue weighted by molar-refractivity contribution is 5.90. The van der Waals surface area contributed by atoms with Crippen LogP contribution in [-0.2, 0) is 0 Å². The van der Waals surface area contributed by atoms with E-state index >= 15 is 0 Å². The van der Waals surface area contributed by atoms with Crippen LogP contribution in [-0.4, -0.2) is 23.2 Å². The molecule has 4 heteroatoms. The summed E-state index contributed by atoms with van der Waals surface area (Å²) in [5, 5.41) is 0. The molecule has 0 atom stereocenters. The highest BCUT2D eigenvalue weighted by atomic mass is 14.9. The minimum absolute atomic E-state index is 0.723. The van der Waals surface area contributed by atoms with Crippen LogP contribution in [0.5, 0.6) is 0 Å². The number of aryl methyl sites for hydroxylation is 2. The van der Waals surface area contributed by atoms with Crippen LogP contribution in [0.4, 0.5) is 5.69 Å². The Hall–Kier alpha value is -2.23. The van der Waals surface area contributed by atoms with Crippen LogP contribution in [0.15, 0.2) is 29.3 Å². The van der Waals surface area contributed by atoms with Crippen molar-refractivity contribution in [3.63, 3.8) is 0 Å². The number of nitrogens with two attached hydrogens (primary N) is 1. The molecule has 0 amide bonds. The maximum atomic E-state index is 5.82. The molecule has 2 rings (SSSR count).